The van der Waals surface area contributed by atoms with Crippen LogP contribution in [0.2, 0.25) is 0 Å². The SMILES string of the molecule is Cc1occc1C(=O)NN=Cc1cn(CC(N)=O)c2ccccc12. The summed E-state index contributed by atoms with van der Waals surface area (Å²) >= 11 is 0. The van der Waals surface area contributed by atoms with Crippen LogP contribution in [0.25, 0.3) is 10.9 Å². The zero-order chi connectivity index (χ0) is 17.1. The number of furan rings is 1. The van der Waals surface area contributed by atoms with Crippen molar-refractivity contribution in [2.75, 3.05) is 0 Å². The monoisotopic (exact) mass is 324 g/mol. The highest BCUT2D eigenvalue weighted by Gasteiger charge is 2.11. The first-order valence-corrected chi connectivity index (χ1v) is 7.30. The summed E-state index contributed by atoms with van der Waals surface area (Å²) in [7, 11) is 0. The number of fused-ring (bicyclic) bond motifs is 1. The van der Waals surface area contributed by atoms with Crippen LogP contribution in [-0.2, 0) is 11.3 Å². The maximum absolute atomic E-state index is 12.0. The number of primary amides is 1. The van der Waals surface area contributed by atoms with Gasteiger partial charge in [-0.3, -0.25) is 9.59 Å². The Hall–Kier alpha value is -3.35. The van der Waals surface area contributed by atoms with Gasteiger partial charge in [0.1, 0.15) is 12.3 Å². The van der Waals surface area contributed by atoms with E-state index < -0.39 is 5.91 Å². The van der Waals surface area contributed by atoms with E-state index in [0.717, 1.165) is 16.5 Å². The highest BCUT2D eigenvalue weighted by Crippen LogP contribution is 2.19. The molecule has 7 nitrogen and oxygen atoms in total. The summed E-state index contributed by atoms with van der Waals surface area (Å²) in [5, 5.41) is 4.90. The summed E-state index contributed by atoms with van der Waals surface area (Å²) in [4.78, 5) is 23.2. The lowest BCUT2D eigenvalue weighted by Gasteiger charge is -2.00. The zero-order valence-electron chi connectivity index (χ0n) is 13.0. The first kappa shape index (κ1) is 15.5. The van der Waals surface area contributed by atoms with Crippen molar-refractivity contribution in [3.63, 3.8) is 0 Å². The van der Waals surface area contributed by atoms with Crippen LogP contribution in [0.3, 0.4) is 0 Å². The number of para-hydroxylation sites is 1. The minimum atomic E-state index is -0.428. The molecule has 0 aliphatic rings. The van der Waals surface area contributed by atoms with Crippen molar-refractivity contribution < 1.29 is 14.0 Å². The predicted molar refractivity (Wildman–Crippen MR) is 89.6 cm³/mol. The number of benzene rings is 1. The Bertz CT molecular complexity index is 936. The lowest BCUT2D eigenvalue weighted by atomic mass is 10.2. The van der Waals surface area contributed by atoms with Gasteiger partial charge in [-0.2, -0.15) is 5.10 Å². The van der Waals surface area contributed by atoms with Crippen LogP contribution in [0.5, 0.6) is 0 Å². The fraction of sp³-hybridized carbons (Fsp3) is 0.118. The first-order chi connectivity index (χ1) is 11.6. The maximum atomic E-state index is 12.0. The van der Waals surface area contributed by atoms with E-state index in [1.807, 2.05) is 24.3 Å². The van der Waals surface area contributed by atoms with E-state index in [-0.39, 0.29) is 12.5 Å². The van der Waals surface area contributed by atoms with Gasteiger partial charge >= 0.3 is 0 Å². The summed E-state index contributed by atoms with van der Waals surface area (Å²) in [6.07, 6.45) is 4.76. The number of aryl methyl sites for hydroxylation is 1. The van der Waals surface area contributed by atoms with Gasteiger partial charge in [-0.1, -0.05) is 18.2 Å². The number of nitrogens with two attached hydrogens (primary N) is 1. The minimum absolute atomic E-state index is 0.0783. The van der Waals surface area contributed by atoms with Crippen molar-refractivity contribution in [1.82, 2.24) is 9.99 Å². The van der Waals surface area contributed by atoms with E-state index >= 15 is 0 Å². The van der Waals surface area contributed by atoms with E-state index in [0.29, 0.717) is 11.3 Å². The fourth-order valence-corrected chi connectivity index (χ4v) is 2.52. The van der Waals surface area contributed by atoms with Gasteiger partial charge in [0.25, 0.3) is 5.91 Å². The summed E-state index contributed by atoms with van der Waals surface area (Å²) in [5.74, 6) is -0.248. The molecule has 0 atom stereocenters. The number of rotatable bonds is 5. The Balaban J connectivity index is 1.83. The maximum Gasteiger partial charge on any atom is 0.274 e. The number of nitrogens with one attached hydrogen (secondary N) is 1. The topological polar surface area (TPSA) is 103 Å². The molecule has 0 fully saturated rings. The number of amides is 2. The lowest BCUT2D eigenvalue weighted by Crippen LogP contribution is -2.18. The van der Waals surface area contributed by atoms with Crippen LogP contribution in [0.15, 0.2) is 52.3 Å². The molecule has 3 rings (SSSR count). The molecule has 122 valence electrons. The van der Waals surface area contributed by atoms with Gasteiger partial charge < -0.3 is 14.7 Å². The molecular weight excluding hydrogens is 308 g/mol. The van der Waals surface area contributed by atoms with Gasteiger partial charge in [0.2, 0.25) is 5.91 Å². The lowest BCUT2D eigenvalue weighted by molar-refractivity contribution is -0.118. The molecule has 3 N–H and O–H groups in total. The number of hydrogen-bond acceptors (Lipinski definition) is 4. The number of carbonyl (C=O) groups excluding carboxylic acids is 2. The van der Waals surface area contributed by atoms with Gasteiger partial charge in [-0.15, -0.1) is 0 Å². The fourth-order valence-electron chi connectivity index (χ4n) is 2.52. The average Bonchev–Trinajstić information content (AvgIpc) is 3.12. The average molecular weight is 324 g/mol. The van der Waals surface area contributed by atoms with E-state index in [2.05, 4.69) is 10.5 Å². The van der Waals surface area contributed by atoms with Gasteiger partial charge in [0.15, 0.2) is 0 Å². The molecule has 2 aromatic heterocycles. The molecule has 0 saturated carbocycles. The molecule has 24 heavy (non-hydrogen) atoms. The van der Waals surface area contributed by atoms with Crippen molar-refractivity contribution in [2.45, 2.75) is 13.5 Å². The Morgan fingerprint density at radius 3 is 2.83 bits per heavy atom. The third kappa shape index (κ3) is 3.05. The van der Waals surface area contributed by atoms with Crippen LogP contribution in [0, 0.1) is 6.92 Å². The Labute approximate surface area is 137 Å². The van der Waals surface area contributed by atoms with Gasteiger partial charge in [-0.25, -0.2) is 5.43 Å². The third-order valence-electron chi connectivity index (χ3n) is 3.62. The van der Waals surface area contributed by atoms with E-state index in [4.69, 9.17) is 10.2 Å². The zero-order valence-corrected chi connectivity index (χ0v) is 13.0. The van der Waals surface area contributed by atoms with Crippen LogP contribution < -0.4 is 11.2 Å². The number of hydrazone groups is 1. The molecule has 0 radical (unpaired) electrons. The van der Waals surface area contributed by atoms with Crippen molar-refractivity contribution in [2.24, 2.45) is 10.8 Å². The molecule has 0 aliphatic heterocycles. The summed E-state index contributed by atoms with van der Waals surface area (Å²) in [5.41, 5.74) is 9.81. The second-order valence-corrected chi connectivity index (χ2v) is 5.29. The number of nitrogens with zero attached hydrogens (tertiary/aromatic N) is 2. The second kappa shape index (κ2) is 6.41. The summed E-state index contributed by atoms with van der Waals surface area (Å²) in [6.45, 7) is 1.78. The third-order valence-corrected chi connectivity index (χ3v) is 3.62. The highest BCUT2D eigenvalue weighted by atomic mass is 16.3. The minimum Gasteiger partial charge on any atom is -0.469 e. The molecule has 2 amide bonds. The van der Waals surface area contributed by atoms with Crippen LogP contribution in [0.4, 0.5) is 0 Å². The molecule has 2 heterocycles. The largest absolute Gasteiger partial charge is 0.469 e. The molecule has 0 bridgehead atoms. The first-order valence-electron chi connectivity index (χ1n) is 7.30. The quantitative estimate of drug-likeness (QED) is 0.552. The molecule has 1 aromatic carbocycles. The summed E-state index contributed by atoms with van der Waals surface area (Å²) < 4.78 is 6.84. The molecule has 3 aromatic rings. The van der Waals surface area contributed by atoms with Gasteiger partial charge in [-0.05, 0) is 19.1 Å². The van der Waals surface area contributed by atoms with Crippen LogP contribution in [0.1, 0.15) is 21.7 Å². The van der Waals surface area contributed by atoms with E-state index in [1.165, 1.54) is 12.5 Å². The molecule has 0 saturated heterocycles. The molecule has 0 unspecified atom stereocenters. The summed E-state index contributed by atoms with van der Waals surface area (Å²) in [6, 6.07) is 9.16. The van der Waals surface area contributed by atoms with Gasteiger partial charge in [0, 0.05) is 22.7 Å². The molecule has 0 spiro atoms. The smallest absolute Gasteiger partial charge is 0.274 e. The molecule has 0 aliphatic carbocycles. The van der Waals surface area contributed by atoms with Crippen molar-refractivity contribution in [3.8, 4) is 0 Å². The Kier molecular flexibility index (Phi) is 4.15. The Morgan fingerprint density at radius 2 is 2.12 bits per heavy atom. The normalized spacial score (nSPS) is 11.2. The predicted octanol–water partition coefficient (Wildman–Crippen LogP) is 1.79. The number of aromatic nitrogens is 1. The standard InChI is InChI=1S/C17H16N4O3/c1-11-13(6-7-24-11)17(23)20-19-8-12-9-21(10-16(18)22)15-5-3-2-4-14(12)15/h2-9H,10H2,1H3,(H2,18,22)(H,20,23). The number of hydrogen-bond donors (Lipinski definition) is 2. The molecule has 7 heteroatoms. The van der Waals surface area contributed by atoms with Crippen LogP contribution in [-0.4, -0.2) is 22.6 Å². The Morgan fingerprint density at radius 1 is 1.33 bits per heavy atom. The highest BCUT2D eigenvalue weighted by molar-refractivity contribution is 6.01. The molecular formula is C17H16N4O3. The van der Waals surface area contributed by atoms with Gasteiger partial charge in [0.05, 0.1) is 18.0 Å². The van der Waals surface area contributed by atoms with Crippen molar-refractivity contribution in [1.29, 1.82) is 0 Å². The second-order valence-electron chi connectivity index (χ2n) is 5.29. The van der Waals surface area contributed by atoms with Crippen LogP contribution >= 0.6 is 0 Å². The van der Waals surface area contributed by atoms with E-state index in [1.54, 1.807) is 23.8 Å². The number of carbonyl (C=O) groups is 2. The van der Waals surface area contributed by atoms with E-state index in [9.17, 15) is 9.59 Å². The van der Waals surface area contributed by atoms with Crippen molar-refractivity contribution in [3.05, 3.63) is 59.7 Å². The van der Waals surface area contributed by atoms with Crippen molar-refractivity contribution >= 4 is 28.9 Å².